The topological polar surface area (TPSA) is 87.7 Å². The van der Waals surface area contributed by atoms with Gasteiger partial charge in [0.05, 0.1) is 12.7 Å². The van der Waals surface area contributed by atoms with E-state index < -0.39 is 5.97 Å². The highest BCUT2D eigenvalue weighted by Crippen LogP contribution is 2.17. The summed E-state index contributed by atoms with van der Waals surface area (Å²) < 4.78 is 4.67. The Bertz CT molecular complexity index is 572. The van der Waals surface area contributed by atoms with Crippen molar-refractivity contribution in [2.45, 2.75) is 26.8 Å². The van der Waals surface area contributed by atoms with Crippen LogP contribution in [-0.2, 0) is 9.53 Å². The molecule has 1 aromatic carbocycles. The number of hydrogen-bond acceptors (Lipinski definition) is 4. The summed E-state index contributed by atoms with van der Waals surface area (Å²) in [6, 6.07) is 6.35. The van der Waals surface area contributed by atoms with Gasteiger partial charge in [-0.05, 0) is 32.0 Å². The number of hydrogen-bond donors (Lipinski definition) is 2. The SMILES string of the molecule is COC(=O)c1cccc(N(CCNC(=O)NC(C)C)C(C)=O)c1. The first-order valence-electron chi connectivity index (χ1n) is 7.36. The summed E-state index contributed by atoms with van der Waals surface area (Å²) in [5.74, 6) is -0.650. The van der Waals surface area contributed by atoms with Gasteiger partial charge in [-0.15, -0.1) is 0 Å². The summed E-state index contributed by atoms with van der Waals surface area (Å²) >= 11 is 0. The van der Waals surface area contributed by atoms with Crippen LogP contribution in [0.5, 0.6) is 0 Å². The van der Waals surface area contributed by atoms with Gasteiger partial charge in [0, 0.05) is 31.7 Å². The van der Waals surface area contributed by atoms with Gasteiger partial charge in [0.15, 0.2) is 0 Å². The van der Waals surface area contributed by atoms with E-state index in [4.69, 9.17) is 0 Å². The molecule has 0 aliphatic rings. The summed E-state index contributed by atoms with van der Waals surface area (Å²) in [5.41, 5.74) is 0.938. The second-order valence-electron chi connectivity index (χ2n) is 5.27. The standard InChI is InChI=1S/C16H23N3O4/c1-11(2)18-16(22)17-8-9-19(12(3)20)14-7-5-6-13(10-14)15(21)23-4/h5-7,10-11H,8-9H2,1-4H3,(H2,17,18,22). The number of rotatable bonds is 6. The summed E-state index contributed by atoms with van der Waals surface area (Å²) in [7, 11) is 1.30. The zero-order chi connectivity index (χ0) is 17.4. The Morgan fingerprint density at radius 3 is 2.52 bits per heavy atom. The Balaban J connectivity index is 2.74. The van der Waals surface area contributed by atoms with Crippen molar-refractivity contribution in [2.75, 3.05) is 25.1 Å². The molecular formula is C16H23N3O4. The average Bonchev–Trinajstić information content (AvgIpc) is 2.49. The number of nitrogens with one attached hydrogen (secondary N) is 2. The third-order valence-corrected chi connectivity index (χ3v) is 3.00. The lowest BCUT2D eigenvalue weighted by atomic mass is 10.2. The van der Waals surface area contributed by atoms with Crippen LogP contribution in [0.2, 0.25) is 0 Å². The largest absolute Gasteiger partial charge is 0.465 e. The van der Waals surface area contributed by atoms with E-state index in [1.807, 2.05) is 13.8 Å². The summed E-state index contributed by atoms with van der Waals surface area (Å²) in [5, 5.41) is 5.38. The molecule has 7 heteroatoms. The lowest BCUT2D eigenvalue weighted by molar-refractivity contribution is -0.116. The van der Waals surface area contributed by atoms with Crippen molar-refractivity contribution in [3.8, 4) is 0 Å². The van der Waals surface area contributed by atoms with Crippen LogP contribution in [0.3, 0.4) is 0 Å². The zero-order valence-electron chi connectivity index (χ0n) is 13.9. The van der Waals surface area contributed by atoms with Gasteiger partial charge in [-0.3, -0.25) is 4.79 Å². The summed E-state index contributed by atoms with van der Waals surface area (Å²) in [6.07, 6.45) is 0. The predicted molar refractivity (Wildman–Crippen MR) is 87.5 cm³/mol. The molecule has 0 aromatic heterocycles. The highest BCUT2D eigenvalue weighted by molar-refractivity contribution is 5.95. The molecule has 2 N–H and O–H groups in total. The third-order valence-electron chi connectivity index (χ3n) is 3.00. The number of ether oxygens (including phenoxy) is 1. The van der Waals surface area contributed by atoms with E-state index in [0.717, 1.165) is 0 Å². The first-order valence-corrected chi connectivity index (χ1v) is 7.36. The van der Waals surface area contributed by atoms with Crippen LogP contribution in [0.4, 0.5) is 10.5 Å². The molecule has 0 saturated carbocycles. The van der Waals surface area contributed by atoms with E-state index in [1.165, 1.54) is 18.9 Å². The van der Waals surface area contributed by atoms with Crippen LogP contribution in [0.1, 0.15) is 31.1 Å². The number of urea groups is 1. The molecule has 0 atom stereocenters. The fraction of sp³-hybridized carbons (Fsp3) is 0.438. The Hall–Kier alpha value is -2.57. The second-order valence-corrected chi connectivity index (χ2v) is 5.27. The zero-order valence-corrected chi connectivity index (χ0v) is 13.9. The number of benzene rings is 1. The molecule has 0 radical (unpaired) electrons. The van der Waals surface area contributed by atoms with Gasteiger partial charge in [0.1, 0.15) is 0 Å². The minimum absolute atomic E-state index is 0.0376. The van der Waals surface area contributed by atoms with E-state index in [1.54, 1.807) is 24.3 Å². The van der Waals surface area contributed by atoms with E-state index >= 15 is 0 Å². The van der Waals surface area contributed by atoms with Crippen LogP contribution < -0.4 is 15.5 Å². The minimum Gasteiger partial charge on any atom is -0.465 e. The Kier molecular flexibility index (Phi) is 7.05. The molecule has 0 unspecified atom stereocenters. The molecule has 1 rings (SSSR count). The molecule has 0 aliphatic carbocycles. The first kappa shape index (κ1) is 18.5. The van der Waals surface area contributed by atoms with Crippen LogP contribution >= 0.6 is 0 Å². The Morgan fingerprint density at radius 2 is 1.96 bits per heavy atom. The Morgan fingerprint density at radius 1 is 1.26 bits per heavy atom. The number of carbonyl (C=O) groups excluding carboxylic acids is 3. The molecule has 126 valence electrons. The third kappa shape index (κ3) is 5.98. The van der Waals surface area contributed by atoms with Crippen molar-refractivity contribution in [3.05, 3.63) is 29.8 Å². The summed E-state index contributed by atoms with van der Waals surface area (Å²) in [6.45, 7) is 5.74. The molecule has 0 fully saturated rings. The fourth-order valence-electron chi connectivity index (χ4n) is 1.98. The second kappa shape index (κ2) is 8.77. The van der Waals surface area contributed by atoms with Crippen LogP contribution in [0.25, 0.3) is 0 Å². The van der Waals surface area contributed by atoms with Gasteiger partial charge >= 0.3 is 12.0 Å². The molecule has 3 amide bonds. The van der Waals surface area contributed by atoms with Crippen LogP contribution in [0, 0.1) is 0 Å². The number of nitrogens with zero attached hydrogens (tertiary/aromatic N) is 1. The highest BCUT2D eigenvalue weighted by atomic mass is 16.5. The first-order chi connectivity index (χ1) is 10.8. The number of methoxy groups -OCH3 is 1. The number of carbonyl (C=O) groups is 3. The maximum atomic E-state index is 11.8. The van der Waals surface area contributed by atoms with E-state index in [9.17, 15) is 14.4 Å². The van der Waals surface area contributed by atoms with Gasteiger partial charge in [-0.1, -0.05) is 6.07 Å². The van der Waals surface area contributed by atoms with Gasteiger partial charge in [-0.2, -0.15) is 0 Å². The van der Waals surface area contributed by atoms with E-state index in [-0.39, 0.29) is 18.0 Å². The van der Waals surface area contributed by atoms with Gasteiger partial charge in [0.25, 0.3) is 0 Å². The predicted octanol–water partition coefficient (Wildman–Crippen LogP) is 1.53. The van der Waals surface area contributed by atoms with Crippen molar-refractivity contribution in [2.24, 2.45) is 0 Å². The molecule has 0 bridgehead atoms. The van der Waals surface area contributed by atoms with Crippen molar-refractivity contribution >= 4 is 23.6 Å². The highest BCUT2D eigenvalue weighted by Gasteiger charge is 2.14. The molecule has 0 heterocycles. The minimum atomic E-state index is -0.468. The smallest absolute Gasteiger partial charge is 0.337 e. The molecule has 23 heavy (non-hydrogen) atoms. The fourth-order valence-corrected chi connectivity index (χ4v) is 1.98. The quantitative estimate of drug-likeness (QED) is 0.778. The maximum absolute atomic E-state index is 11.8. The van der Waals surface area contributed by atoms with Crippen LogP contribution in [-0.4, -0.2) is 44.1 Å². The molecule has 0 spiro atoms. The van der Waals surface area contributed by atoms with Crippen LogP contribution in [0.15, 0.2) is 24.3 Å². The number of anilines is 1. The maximum Gasteiger partial charge on any atom is 0.337 e. The van der Waals surface area contributed by atoms with Crippen molar-refractivity contribution < 1.29 is 19.1 Å². The van der Waals surface area contributed by atoms with Gasteiger partial charge < -0.3 is 20.3 Å². The van der Waals surface area contributed by atoms with E-state index in [2.05, 4.69) is 15.4 Å². The lowest BCUT2D eigenvalue weighted by Crippen LogP contribution is -2.43. The van der Waals surface area contributed by atoms with E-state index in [0.29, 0.717) is 24.3 Å². The number of esters is 1. The average molecular weight is 321 g/mol. The van der Waals surface area contributed by atoms with Crippen molar-refractivity contribution in [1.29, 1.82) is 0 Å². The van der Waals surface area contributed by atoms with Gasteiger partial charge in [-0.25, -0.2) is 9.59 Å². The van der Waals surface area contributed by atoms with Crippen molar-refractivity contribution in [3.63, 3.8) is 0 Å². The molecule has 0 saturated heterocycles. The molecular weight excluding hydrogens is 298 g/mol. The van der Waals surface area contributed by atoms with Crippen molar-refractivity contribution in [1.82, 2.24) is 10.6 Å². The molecule has 7 nitrogen and oxygen atoms in total. The number of amides is 3. The molecule has 0 aliphatic heterocycles. The van der Waals surface area contributed by atoms with Gasteiger partial charge in [0.2, 0.25) is 5.91 Å². The monoisotopic (exact) mass is 321 g/mol. The normalized spacial score (nSPS) is 10.1. The Labute approximate surface area is 136 Å². The lowest BCUT2D eigenvalue weighted by Gasteiger charge is -2.22. The summed E-state index contributed by atoms with van der Waals surface area (Å²) in [4.78, 5) is 36.4. The molecule has 1 aromatic rings.